The van der Waals surface area contributed by atoms with Gasteiger partial charge in [-0.15, -0.1) is 4.41 Å². The first kappa shape index (κ1) is 14.7. The standard InChI is InChI=1S/C11H18N6O2S/c1-16(2)11-13-8-12-9-17(15-14-11)20(18,19)10-6-4-3-5-7-10/h3-7,12,15H,8-9H2,1-2H3,(H,13,14). The van der Waals surface area contributed by atoms with Crippen LogP contribution in [-0.2, 0) is 10.0 Å². The highest BCUT2D eigenvalue weighted by molar-refractivity contribution is 7.89. The van der Waals surface area contributed by atoms with Gasteiger partial charge in [-0.05, 0) is 12.1 Å². The fraction of sp³-hybridized carbons (Fsp3) is 0.364. The lowest BCUT2D eigenvalue weighted by atomic mass is 10.4. The Kier molecular flexibility index (Phi) is 4.55. The molecule has 0 amide bonds. The summed E-state index contributed by atoms with van der Waals surface area (Å²) in [6.07, 6.45) is 0. The normalized spacial score (nSPS) is 17.6. The van der Waals surface area contributed by atoms with E-state index in [-0.39, 0.29) is 11.6 Å². The number of nitrogens with one attached hydrogen (secondary N) is 3. The number of sulfonamides is 1. The summed E-state index contributed by atoms with van der Waals surface area (Å²) >= 11 is 0. The number of guanidine groups is 1. The molecule has 0 atom stereocenters. The lowest BCUT2D eigenvalue weighted by Gasteiger charge is -2.28. The van der Waals surface area contributed by atoms with E-state index in [1.54, 1.807) is 35.2 Å². The van der Waals surface area contributed by atoms with Crippen molar-refractivity contribution in [2.24, 2.45) is 4.99 Å². The van der Waals surface area contributed by atoms with Crippen molar-refractivity contribution >= 4 is 16.0 Å². The third kappa shape index (κ3) is 3.25. The van der Waals surface area contributed by atoms with Crippen molar-refractivity contribution in [1.29, 1.82) is 0 Å². The SMILES string of the molecule is CN(C)C1=NCNCN(S(=O)(=O)c2ccccc2)NN1. The lowest BCUT2D eigenvalue weighted by Crippen LogP contribution is -2.58. The van der Waals surface area contributed by atoms with Crippen LogP contribution in [0.4, 0.5) is 0 Å². The van der Waals surface area contributed by atoms with Crippen LogP contribution >= 0.6 is 0 Å². The van der Waals surface area contributed by atoms with Crippen LogP contribution in [0.5, 0.6) is 0 Å². The second-order valence-corrected chi connectivity index (χ2v) is 6.21. The smallest absolute Gasteiger partial charge is 0.258 e. The third-order valence-corrected chi connectivity index (χ3v) is 4.31. The molecule has 0 aliphatic carbocycles. The molecule has 0 spiro atoms. The van der Waals surface area contributed by atoms with E-state index in [2.05, 4.69) is 21.3 Å². The zero-order valence-electron chi connectivity index (χ0n) is 11.4. The summed E-state index contributed by atoms with van der Waals surface area (Å²) in [5.74, 6) is 0.533. The van der Waals surface area contributed by atoms with Gasteiger partial charge in [-0.2, -0.15) is 5.53 Å². The number of rotatable bonds is 2. The fourth-order valence-electron chi connectivity index (χ4n) is 1.59. The van der Waals surface area contributed by atoms with Crippen LogP contribution < -0.4 is 16.3 Å². The van der Waals surface area contributed by atoms with Gasteiger partial charge < -0.3 is 4.90 Å². The van der Waals surface area contributed by atoms with Gasteiger partial charge >= 0.3 is 0 Å². The van der Waals surface area contributed by atoms with Gasteiger partial charge in [0.1, 0.15) is 0 Å². The third-order valence-electron chi connectivity index (χ3n) is 2.64. The van der Waals surface area contributed by atoms with E-state index < -0.39 is 10.0 Å². The molecule has 1 aliphatic rings. The molecule has 0 radical (unpaired) electrons. The topological polar surface area (TPSA) is 89.1 Å². The Balaban J connectivity index is 2.19. The predicted octanol–water partition coefficient (Wildman–Crippen LogP) is -0.878. The summed E-state index contributed by atoms with van der Waals surface area (Å²) in [6, 6.07) is 8.25. The van der Waals surface area contributed by atoms with Gasteiger partial charge in [-0.3, -0.25) is 10.7 Å². The second kappa shape index (κ2) is 6.18. The average molecular weight is 298 g/mol. The van der Waals surface area contributed by atoms with Crippen LogP contribution in [0.1, 0.15) is 0 Å². The van der Waals surface area contributed by atoms with Gasteiger partial charge in [0.2, 0.25) is 5.96 Å². The molecule has 1 aliphatic heterocycles. The zero-order chi connectivity index (χ0) is 14.6. The molecule has 1 aromatic carbocycles. The van der Waals surface area contributed by atoms with Crippen molar-refractivity contribution in [3.8, 4) is 0 Å². The molecule has 1 heterocycles. The number of hydrazine groups is 2. The van der Waals surface area contributed by atoms with Gasteiger partial charge in [-0.1, -0.05) is 18.2 Å². The Morgan fingerprint density at radius 2 is 1.95 bits per heavy atom. The largest absolute Gasteiger partial charge is 0.348 e. The van der Waals surface area contributed by atoms with Gasteiger partial charge in [-0.25, -0.2) is 13.4 Å². The molecule has 110 valence electrons. The van der Waals surface area contributed by atoms with E-state index in [9.17, 15) is 8.42 Å². The second-order valence-electron chi connectivity index (χ2n) is 4.35. The summed E-state index contributed by atoms with van der Waals surface area (Å²) in [5, 5.41) is 2.93. The number of aliphatic imine (C=N–C) groups is 1. The summed E-state index contributed by atoms with van der Waals surface area (Å²) in [4.78, 5) is 6.17. The monoisotopic (exact) mass is 298 g/mol. The van der Waals surface area contributed by atoms with Crippen molar-refractivity contribution in [1.82, 2.24) is 25.6 Å². The average Bonchev–Trinajstić information content (AvgIpc) is 2.38. The Morgan fingerprint density at radius 3 is 2.60 bits per heavy atom. The quantitative estimate of drug-likeness (QED) is 0.657. The first-order valence-corrected chi connectivity index (χ1v) is 7.48. The predicted molar refractivity (Wildman–Crippen MR) is 75.7 cm³/mol. The van der Waals surface area contributed by atoms with Crippen molar-refractivity contribution < 1.29 is 8.42 Å². The molecule has 0 fully saturated rings. The van der Waals surface area contributed by atoms with Gasteiger partial charge in [0.25, 0.3) is 10.0 Å². The Labute approximate surface area is 118 Å². The molecule has 3 N–H and O–H groups in total. The molecule has 0 bridgehead atoms. The van der Waals surface area contributed by atoms with E-state index in [0.29, 0.717) is 12.6 Å². The Hall–Kier alpha value is -1.68. The molecule has 1 aromatic rings. The zero-order valence-corrected chi connectivity index (χ0v) is 12.2. The Morgan fingerprint density at radius 1 is 1.25 bits per heavy atom. The highest BCUT2D eigenvalue weighted by Gasteiger charge is 2.25. The molecule has 0 saturated carbocycles. The van der Waals surface area contributed by atoms with E-state index in [4.69, 9.17) is 0 Å². The lowest BCUT2D eigenvalue weighted by molar-refractivity contribution is 0.264. The van der Waals surface area contributed by atoms with Gasteiger partial charge in [0, 0.05) is 14.1 Å². The summed E-state index contributed by atoms with van der Waals surface area (Å²) in [7, 11) is -0.00566. The van der Waals surface area contributed by atoms with Crippen molar-refractivity contribution in [3.63, 3.8) is 0 Å². The molecule has 0 saturated heterocycles. The number of benzene rings is 1. The van der Waals surface area contributed by atoms with E-state index in [1.807, 2.05) is 14.1 Å². The maximum Gasteiger partial charge on any atom is 0.258 e. The molecule has 8 nitrogen and oxygen atoms in total. The van der Waals surface area contributed by atoms with Crippen LogP contribution in [0.2, 0.25) is 0 Å². The minimum absolute atomic E-state index is 0.106. The van der Waals surface area contributed by atoms with Crippen LogP contribution in [0.15, 0.2) is 40.2 Å². The van der Waals surface area contributed by atoms with E-state index in [1.165, 1.54) is 0 Å². The number of hydrogen-bond acceptors (Lipinski definition) is 7. The summed E-state index contributed by atoms with van der Waals surface area (Å²) in [6.45, 7) is 0.428. The fourth-order valence-corrected chi connectivity index (χ4v) is 2.77. The van der Waals surface area contributed by atoms with Crippen molar-refractivity contribution in [2.75, 3.05) is 27.4 Å². The van der Waals surface area contributed by atoms with Crippen LogP contribution in [0, 0.1) is 0 Å². The molecule has 2 rings (SSSR count). The van der Waals surface area contributed by atoms with Crippen molar-refractivity contribution in [2.45, 2.75) is 4.90 Å². The van der Waals surface area contributed by atoms with E-state index >= 15 is 0 Å². The Bertz CT molecular complexity index is 572. The van der Waals surface area contributed by atoms with Gasteiger partial charge in [0.05, 0.1) is 18.2 Å². The van der Waals surface area contributed by atoms with Gasteiger partial charge in [0.15, 0.2) is 0 Å². The first-order valence-electron chi connectivity index (χ1n) is 6.04. The van der Waals surface area contributed by atoms with Crippen LogP contribution in [0.25, 0.3) is 0 Å². The molecule has 20 heavy (non-hydrogen) atoms. The minimum Gasteiger partial charge on any atom is -0.348 e. The minimum atomic E-state index is -3.63. The molecule has 0 unspecified atom stereocenters. The van der Waals surface area contributed by atoms with Crippen LogP contribution in [-0.4, -0.2) is 51.1 Å². The highest BCUT2D eigenvalue weighted by Crippen LogP contribution is 2.12. The molecule has 0 aromatic heterocycles. The maximum absolute atomic E-state index is 12.5. The molecule has 9 heteroatoms. The number of hydrogen-bond donors (Lipinski definition) is 3. The highest BCUT2D eigenvalue weighted by atomic mass is 32.2. The molecular weight excluding hydrogens is 280 g/mol. The molecular formula is C11H18N6O2S. The maximum atomic E-state index is 12.5. The summed E-state index contributed by atoms with van der Waals surface area (Å²) in [5.41, 5.74) is 5.43. The first-order chi connectivity index (χ1) is 9.51. The number of nitrogens with zero attached hydrogens (tertiary/aromatic N) is 3. The van der Waals surface area contributed by atoms with Crippen molar-refractivity contribution in [3.05, 3.63) is 30.3 Å². The summed E-state index contributed by atoms with van der Waals surface area (Å²) < 4.78 is 26.0. The van der Waals surface area contributed by atoms with E-state index in [0.717, 1.165) is 4.41 Å². The van der Waals surface area contributed by atoms with Crippen LogP contribution in [0.3, 0.4) is 0 Å².